The number of amides is 1. The maximum absolute atomic E-state index is 11.9. The van der Waals surface area contributed by atoms with E-state index in [0.717, 1.165) is 16.6 Å². The van der Waals surface area contributed by atoms with E-state index in [1.807, 2.05) is 48.0 Å². The highest BCUT2D eigenvalue weighted by Gasteiger charge is 2.17. The number of hydrogen-bond acceptors (Lipinski definition) is 7. The van der Waals surface area contributed by atoms with Crippen LogP contribution in [0.4, 0.5) is 10.6 Å². The first-order valence-electron chi connectivity index (χ1n) is 9.69. The van der Waals surface area contributed by atoms with Gasteiger partial charge in [0.2, 0.25) is 0 Å². The van der Waals surface area contributed by atoms with Gasteiger partial charge in [-0.05, 0) is 38.1 Å². The zero-order valence-electron chi connectivity index (χ0n) is 16.8. The second-order valence-corrected chi connectivity index (χ2v) is 6.76. The summed E-state index contributed by atoms with van der Waals surface area (Å²) in [4.78, 5) is 37.5. The van der Waals surface area contributed by atoms with E-state index in [1.165, 1.54) is 0 Å². The van der Waals surface area contributed by atoms with E-state index in [0.29, 0.717) is 34.3 Å². The van der Waals surface area contributed by atoms with E-state index < -0.39 is 6.09 Å². The number of imidazole rings is 1. The van der Waals surface area contributed by atoms with Crippen LogP contribution < -0.4 is 5.32 Å². The summed E-state index contributed by atoms with van der Waals surface area (Å²) in [6.45, 7) is 3.94. The van der Waals surface area contributed by atoms with Crippen LogP contribution in [0.15, 0.2) is 49.1 Å². The Bertz CT molecular complexity index is 1420. The van der Waals surface area contributed by atoms with Crippen LogP contribution in [0.5, 0.6) is 0 Å². The summed E-state index contributed by atoms with van der Waals surface area (Å²) in [5.41, 5.74) is 3.56. The third kappa shape index (κ3) is 3.33. The molecular formula is C21H18N8O2. The fourth-order valence-electron chi connectivity index (χ4n) is 3.39. The number of nitrogens with one attached hydrogen (secondary N) is 2. The predicted octanol–water partition coefficient (Wildman–Crippen LogP) is 3.63. The predicted molar refractivity (Wildman–Crippen MR) is 115 cm³/mol. The van der Waals surface area contributed by atoms with Gasteiger partial charge in [0, 0.05) is 23.5 Å². The molecule has 0 aliphatic heterocycles. The number of ether oxygens (including phenoxy) is 1. The smallest absolute Gasteiger partial charge is 0.412 e. The molecule has 154 valence electrons. The van der Waals surface area contributed by atoms with Crippen molar-refractivity contribution in [2.24, 2.45) is 0 Å². The van der Waals surface area contributed by atoms with Crippen LogP contribution >= 0.6 is 0 Å². The maximum Gasteiger partial charge on any atom is 0.412 e. The first-order valence-corrected chi connectivity index (χ1v) is 9.69. The van der Waals surface area contributed by atoms with Gasteiger partial charge in [-0.25, -0.2) is 29.7 Å². The van der Waals surface area contributed by atoms with Gasteiger partial charge < -0.3 is 9.72 Å². The van der Waals surface area contributed by atoms with E-state index in [9.17, 15) is 4.79 Å². The Balaban J connectivity index is 1.67. The normalized spacial score (nSPS) is 11.2. The lowest BCUT2D eigenvalue weighted by atomic mass is 10.3. The van der Waals surface area contributed by atoms with Gasteiger partial charge in [-0.2, -0.15) is 0 Å². The highest BCUT2D eigenvalue weighted by atomic mass is 16.5. The van der Waals surface area contributed by atoms with Crippen LogP contribution in [0.3, 0.4) is 0 Å². The largest absolute Gasteiger partial charge is 0.450 e. The first-order chi connectivity index (χ1) is 15.1. The summed E-state index contributed by atoms with van der Waals surface area (Å²) in [6, 6.07) is 9.41. The van der Waals surface area contributed by atoms with Gasteiger partial charge in [0.15, 0.2) is 22.8 Å². The van der Waals surface area contributed by atoms with Crippen LogP contribution in [-0.4, -0.2) is 47.2 Å². The molecular weight excluding hydrogens is 396 g/mol. The van der Waals surface area contributed by atoms with Gasteiger partial charge >= 0.3 is 6.09 Å². The highest BCUT2D eigenvalue weighted by molar-refractivity contribution is 5.98. The number of aromatic nitrogens is 7. The molecule has 2 N–H and O–H groups in total. The average Bonchev–Trinajstić information content (AvgIpc) is 3.41. The molecule has 0 fully saturated rings. The number of aromatic amines is 1. The van der Waals surface area contributed by atoms with Crippen molar-refractivity contribution in [3.63, 3.8) is 0 Å². The lowest BCUT2D eigenvalue weighted by molar-refractivity contribution is 0.168. The Kier molecular flexibility index (Phi) is 4.51. The van der Waals surface area contributed by atoms with Gasteiger partial charge in [0.05, 0.1) is 18.5 Å². The van der Waals surface area contributed by atoms with E-state index in [4.69, 9.17) is 9.72 Å². The van der Waals surface area contributed by atoms with E-state index in [2.05, 4.69) is 30.2 Å². The average molecular weight is 414 g/mol. The molecule has 5 heterocycles. The Hall–Kier alpha value is -4.34. The lowest BCUT2D eigenvalue weighted by Gasteiger charge is -2.09. The molecule has 0 aliphatic carbocycles. The van der Waals surface area contributed by atoms with E-state index in [-0.39, 0.29) is 6.61 Å². The van der Waals surface area contributed by atoms with Crippen LogP contribution in [0.25, 0.3) is 39.4 Å². The molecule has 5 aromatic rings. The molecule has 0 saturated carbocycles. The molecule has 0 bridgehead atoms. The summed E-state index contributed by atoms with van der Waals surface area (Å²) < 4.78 is 6.86. The number of rotatable bonds is 4. The summed E-state index contributed by atoms with van der Waals surface area (Å²) in [5.74, 6) is 1.48. The van der Waals surface area contributed by atoms with E-state index in [1.54, 1.807) is 19.4 Å². The fraction of sp³-hybridized carbons (Fsp3) is 0.143. The van der Waals surface area contributed by atoms with Crippen LogP contribution in [0, 0.1) is 6.92 Å². The molecule has 1 amide bonds. The molecule has 10 heteroatoms. The van der Waals surface area contributed by atoms with Gasteiger partial charge in [0.25, 0.3) is 0 Å². The molecule has 0 atom stereocenters. The molecule has 31 heavy (non-hydrogen) atoms. The third-order valence-corrected chi connectivity index (χ3v) is 4.72. The van der Waals surface area contributed by atoms with Gasteiger partial charge in [-0.1, -0.05) is 6.07 Å². The molecule has 0 saturated heterocycles. The third-order valence-electron chi connectivity index (χ3n) is 4.72. The summed E-state index contributed by atoms with van der Waals surface area (Å²) >= 11 is 0. The minimum Gasteiger partial charge on any atom is -0.450 e. The van der Waals surface area contributed by atoms with Crippen molar-refractivity contribution >= 4 is 34.0 Å². The number of carbonyl (C=O) groups is 1. The molecule has 0 unspecified atom stereocenters. The van der Waals surface area contributed by atoms with Crippen molar-refractivity contribution in [3.8, 4) is 17.3 Å². The topological polar surface area (TPSA) is 123 Å². The number of aryl methyl sites for hydroxylation is 1. The van der Waals surface area contributed by atoms with Crippen LogP contribution in [0.1, 0.15) is 12.6 Å². The fourth-order valence-corrected chi connectivity index (χ4v) is 3.39. The SMILES string of the molecule is CCOC(=O)Nc1nccc2c1ccn2-c1nc(-c2cccc(C)n2)nc2[nH]cnc12. The maximum atomic E-state index is 11.9. The van der Waals surface area contributed by atoms with E-state index >= 15 is 0 Å². The monoisotopic (exact) mass is 414 g/mol. The summed E-state index contributed by atoms with van der Waals surface area (Å²) in [6.07, 6.45) is 4.50. The van der Waals surface area contributed by atoms with Gasteiger partial charge in [-0.3, -0.25) is 9.88 Å². The molecule has 0 radical (unpaired) electrons. The van der Waals surface area contributed by atoms with Crippen LogP contribution in [-0.2, 0) is 4.74 Å². The minimum atomic E-state index is -0.556. The first kappa shape index (κ1) is 18.7. The number of hydrogen-bond donors (Lipinski definition) is 2. The van der Waals surface area contributed by atoms with Crippen molar-refractivity contribution in [3.05, 3.63) is 54.7 Å². The van der Waals surface area contributed by atoms with Crippen LogP contribution in [0.2, 0.25) is 0 Å². The van der Waals surface area contributed by atoms with Crippen molar-refractivity contribution in [2.75, 3.05) is 11.9 Å². The molecule has 0 aliphatic rings. The molecule has 5 aromatic heterocycles. The number of pyridine rings is 2. The zero-order chi connectivity index (χ0) is 21.4. The number of anilines is 1. The standard InChI is InChI=1S/C21H18N8O2/c1-3-31-21(30)28-17-13-8-10-29(15(13)7-9-22-17)20-16-19(24-11-23-16)26-18(27-20)14-6-4-5-12(2)25-14/h4-11H,3H2,1-2H3,(H,22,28,30)(H,23,24,26,27). The Morgan fingerprint density at radius 2 is 2.06 bits per heavy atom. The van der Waals surface area contributed by atoms with Crippen molar-refractivity contribution < 1.29 is 9.53 Å². The summed E-state index contributed by atoms with van der Waals surface area (Å²) in [5, 5.41) is 3.42. The Morgan fingerprint density at radius 3 is 2.90 bits per heavy atom. The Morgan fingerprint density at radius 1 is 1.16 bits per heavy atom. The minimum absolute atomic E-state index is 0.274. The second-order valence-electron chi connectivity index (χ2n) is 6.76. The number of H-pyrrole nitrogens is 1. The number of carbonyl (C=O) groups excluding carboxylic acids is 1. The molecule has 10 nitrogen and oxygen atoms in total. The van der Waals surface area contributed by atoms with Crippen molar-refractivity contribution in [1.29, 1.82) is 0 Å². The lowest BCUT2D eigenvalue weighted by Crippen LogP contribution is -2.14. The molecule has 5 rings (SSSR count). The number of fused-ring (bicyclic) bond motifs is 2. The van der Waals surface area contributed by atoms with Crippen molar-refractivity contribution in [2.45, 2.75) is 13.8 Å². The van der Waals surface area contributed by atoms with Crippen molar-refractivity contribution in [1.82, 2.24) is 34.5 Å². The Labute approximate surface area is 176 Å². The molecule has 0 aromatic carbocycles. The van der Waals surface area contributed by atoms with Gasteiger partial charge in [-0.15, -0.1) is 0 Å². The molecule has 0 spiro atoms. The van der Waals surface area contributed by atoms with Gasteiger partial charge in [0.1, 0.15) is 11.5 Å². The summed E-state index contributed by atoms with van der Waals surface area (Å²) in [7, 11) is 0. The second kappa shape index (κ2) is 7.48. The number of nitrogens with zero attached hydrogens (tertiary/aromatic N) is 6. The highest BCUT2D eigenvalue weighted by Crippen LogP contribution is 2.28. The quantitative estimate of drug-likeness (QED) is 0.460. The zero-order valence-corrected chi connectivity index (χ0v) is 16.8.